The average molecular weight is 356 g/mol. The van der Waals surface area contributed by atoms with Gasteiger partial charge in [0.15, 0.2) is 0 Å². The number of ether oxygens (including phenoxy) is 1. The van der Waals surface area contributed by atoms with Crippen molar-refractivity contribution < 1.29 is 9.84 Å². The molecule has 0 saturated heterocycles. The smallest absolute Gasteiger partial charge is 0.126 e. The Morgan fingerprint density at radius 1 is 1.22 bits per heavy atom. The number of aliphatic hydroxyl groups is 1. The lowest BCUT2D eigenvalue weighted by Gasteiger charge is -2.34. The Morgan fingerprint density at radius 2 is 2.06 bits per heavy atom. The molecule has 96 valence electrons. The molecule has 0 bridgehead atoms. The SMILES string of the molecule is O[C@@H]1C[C@H](c2cccc(I)c2)OC2=C1CCCC2. The first kappa shape index (κ1) is 12.5. The number of rotatable bonds is 1. The Balaban J connectivity index is 1.87. The van der Waals surface area contributed by atoms with Gasteiger partial charge < -0.3 is 9.84 Å². The van der Waals surface area contributed by atoms with E-state index in [2.05, 4.69) is 46.9 Å². The highest BCUT2D eigenvalue weighted by Gasteiger charge is 2.31. The van der Waals surface area contributed by atoms with Gasteiger partial charge in [-0.05, 0) is 65.1 Å². The van der Waals surface area contributed by atoms with Gasteiger partial charge in [-0.25, -0.2) is 0 Å². The molecule has 2 aliphatic rings. The van der Waals surface area contributed by atoms with Crippen LogP contribution in [0.25, 0.3) is 0 Å². The van der Waals surface area contributed by atoms with Crippen LogP contribution < -0.4 is 0 Å². The van der Waals surface area contributed by atoms with Gasteiger partial charge in [-0.15, -0.1) is 0 Å². The lowest BCUT2D eigenvalue weighted by atomic mass is 9.87. The van der Waals surface area contributed by atoms with E-state index in [1.54, 1.807) is 0 Å². The largest absolute Gasteiger partial charge is 0.490 e. The Hall–Kier alpha value is -0.550. The molecule has 0 amide bonds. The van der Waals surface area contributed by atoms with Crippen molar-refractivity contribution in [2.45, 2.75) is 44.3 Å². The molecular weight excluding hydrogens is 339 g/mol. The van der Waals surface area contributed by atoms with Crippen molar-refractivity contribution in [3.8, 4) is 0 Å². The zero-order valence-electron chi connectivity index (χ0n) is 10.2. The second-order valence-electron chi connectivity index (χ2n) is 5.07. The summed E-state index contributed by atoms with van der Waals surface area (Å²) in [6.07, 6.45) is 4.78. The molecule has 0 aromatic heterocycles. The molecule has 0 spiro atoms. The van der Waals surface area contributed by atoms with Gasteiger partial charge in [0.05, 0.1) is 11.9 Å². The minimum absolute atomic E-state index is 0.0200. The van der Waals surface area contributed by atoms with Gasteiger partial charge >= 0.3 is 0 Å². The van der Waals surface area contributed by atoms with Gasteiger partial charge in [-0.1, -0.05) is 12.1 Å². The monoisotopic (exact) mass is 356 g/mol. The number of aliphatic hydroxyl groups excluding tert-OH is 1. The summed E-state index contributed by atoms with van der Waals surface area (Å²) in [6, 6.07) is 8.37. The van der Waals surface area contributed by atoms with E-state index >= 15 is 0 Å². The van der Waals surface area contributed by atoms with Crippen molar-refractivity contribution in [2.75, 3.05) is 0 Å². The van der Waals surface area contributed by atoms with Crippen LogP contribution in [0.2, 0.25) is 0 Å². The van der Waals surface area contributed by atoms with E-state index in [0.29, 0.717) is 6.42 Å². The Morgan fingerprint density at radius 3 is 2.89 bits per heavy atom. The predicted octanol–water partition coefficient (Wildman–Crippen LogP) is 3.94. The fraction of sp³-hybridized carbons (Fsp3) is 0.467. The van der Waals surface area contributed by atoms with Crippen LogP contribution in [-0.4, -0.2) is 11.2 Å². The molecular formula is C15H17IO2. The second-order valence-corrected chi connectivity index (χ2v) is 6.31. The van der Waals surface area contributed by atoms with Crippen molar-refractivity contribution in [3.05, 3.63) is 44.7 Å². The van der Waals surface area contributed by atoms with Crippen LogP contribution in [0.15, 0.2) is 35.6 Å². The molecule has 1 aliphatic heterocycles. The predicted molar refractivity (Wildman–Crippen MR) is 79.1 cm³/mol. The average Bonchev–Trinajstić information content (AvgIpc) is 2.39. The molecule has 1 heterocycles. The molecule has 0 fully saturated rings. The first-order valence-corrected chi connectivity index (χ1v) is 7.64. The molecule has 0 saturated carbocycles. The highest BCUT2D eigenvalue weighted by Crippen LogP contribution is 2.40. The van der Waals surface area contributed by atoms with Crippen molar-refractivity contribution in [1.82, 2.24) is 0 Å². The van der Waals surface area contributed by atoms with Crippen LogP contribution in [0.5, 0.6) is 0 Å². The third kappa shape index (κ3) is 2.43. The highest BCUT2D eigenvalue weighted by molar-refractivity contribution is 14.1. The normalized spacial score (nSPS) is 27.7. The number of benzene rings is 1. The first-order valence-electron chi connectivity index (χ1n) is 6.56. The lowest BCUT2D eigenvalue weighted by molar-refractivity contribution is 0.0235. The number of hydrogen-bond acceptors (Lipinski definition) is 2. The van der Waals surface area contributed by atoms with Crippen LogP contribution >= 0.6 is 22.6 Å². The van der Waals surface area contributed by atoms with Gasteiger partial charge in [-0.2, -0.15) is 0 Å². The zero-order valence-corrected chi connectivity index (χ0v) is 12.4. The fourth-order valence-corrected chi connectivity index (χ4v) is 3.43. The second kappa shape index (κ2) is 5.21. The van der Waals surface area contributed by atoms with Gasteiger partial charge in [0, 0.05) is 16.4 Å². The van der Waals surface area contributed by atoms with E-state index < -0.39 is 0 Å². The quantitative estimate of drug-likeness (QED) is 0.773. The number of hydrogen-bond donors (Lipinski definition) is 1. The summed E-state index contributed by atoms with van der Waals surface area (Å²) in [5, 5.41) is 10.3. The molecule has 1 aromatic rings. The molecule has 1 aromatic carbocycles. The van der Waals surface area contributed by atoms with Crippen molar-refractivity contribution in [2.24, 2.45) is 0 Å². The Kier molecular flexibility index (Phi) is 3.61. The number of allylic oxidation sites excluding steroid dienone is 1. The van der Waals surface area contributed by atoms with Crippen LogP contribution in [0.1, 0.15) is 43.8 Å². The summed E-state index contributed by atoms with van der Waals surface area (Å²) in [5.41, 5.74) is 2.33. The topological polar surface area (TPSA) is 29.5 Å². The molecule has 1 aliphatic carbocycles. The molecule has 1 N–H and O–H groups in total. The zero-order chi connectivity index (χ0) is 12.5. The van der Waals surface area contributed by atoms with Crippen LogP contribution in [0.4, 0.5) is 0 Å². The van der Waals surface area contributed by atoms with Crippen molar-refractivity contribution in [1.29, 1.82) is 0 Å². The van der Waals surface area contributed by atoms with E-state index in [1.165, 1.54) is 22.0 Å². The maximum absolute atomic E-state index is 10.3. The third-order valence-corrected chi connectivity index (χ3v) is 4.47. The minimum Gasteiger partial charge on any atom is -0.490 e. The summed E-state index contributed by atoms with van der Waals surface area (Å²) in [6.45, 7) is 0. The molecule has 2 nitrogen and oxygen atoms in total. The van der Waals surface area contributed by atoms with Crippen LogP contribution in [0.3, 0.4) is 0 Å². The highest BCUT2D eigenvalue weighted by atomic mass is 127. The maximum Gasteiger partial charge on any atom is 0.126 e. The summed E-state index contributed by atoms with van der Waals surface area (Å²) in [5.74, 6) is 1.06. The van der Waals surface area contributed by atoms with Gasteiger partial charge in [0.1, 0.15) is 6.10 Å². The van der Waals surface area contributed by atoms with E-state index in [0.717, 1.165) is 24.2 Å². The van der Waals surface area contributed by atoms with Crippen molar-refractivity contribution >= 4 is 22.6 Å². The van der Waals surface area contributed by atoms with Gasteiger partial charge in [0.25, 0.3) is 0 Å². The standard InChI is InChI=1S/C15H17IO2/c16-11-5-3-4-10(8-11)15-9-13(17)12-6-1-2-7-14(12)18-15/h3-5,8,13,15,17H,1-2,6-7,9H2/t13-,15-/m1/s1. The summed E-state index contributed by atoms with van der Waals surface area (Å²) >= 11 is 2.31. The Labute approximate surface area is 121 Å². The van der Waals surface area contributed by atoms with E-state index in [1.807, 2.05) is 0 Å². The van der Waals surface area contributed by atoms with Crippen LogP contribution in [-0.2, 0) is 4.74 Å². The summed E-state index contributed by atoms with van der Waals surface area (Å²) < 4.78 is 7.33. The fourth-order valence-electron chi connectivity index (χ4n) is 2.86. The minimum atomic E-state index is -0.308. The molecule has 3 heteroatoms. The maximum atomic E-state index is 10.3. The van der Waals surface area contributed by atoms with Gasteiger partial charge in [0.2, 0.25) is 0 Å². The van der Waals surface area contributed by atoms with E-state index in [4.69, 9.17) is 4.74 Å². The molecule has 18 heavy (non-hydrogen) atoms. The molecule has 0 radical (unpaired) electrons. The van der Waals surface area contributed by atoms with E-state index in [9.17, 15) is 5.11 Å². The third-order valence-electron chi connectivity index (χ3n) is 3.80. The molecule has 0 unspecified atom stereocenters. The summed E-state index contributed by atoms with van der Waals surface area (Å²) in [4.78, 5) is 0. The van der Waals surface area contributed by atoms with E-state index in [-0.39, 0.29) is 12.2 Å². The summed E-state index contributed by atoms with van der Waals surface area (Å²) in [7, 11) is 0. The lowest BCUT2D eigenvalue weighted by Crippen LogP contribution is -2.26. The first-order chi connectivity index (χ1) is 8.74. The van der Waals surface area contributed by atoms with Crippen molar-refractivity contribution in [3.63, 3.8) is 0 Å². The van der Waals surface area contributed by atoms with Crippen LogP contribution in [0, 0.1) is 3.57 Å². The molecule has 2 atom stereocenters. The van der Waals surface area contributed by atoms with Gasteiger partial charge in [-0.3, -0.25) is 0 Å². The molecule has 3 rings (SSSR count). The Bertz CT molecular complexity index is 481. The number of halogens is 1.